The number of carbonyl (C=O) groups is 1. The Morgan fingerprint density at radius 3 is 2.38 bits per heavy atom. The average molecular weight is 468 g/mol. The molecule has 3 aromatic rings. The molecule has 0 aromatic heterocycles. The van der Waals surface area contributed by atoms with E-state index in [2.05, 4.69) is 50.9 Å². The van der Waals surface area contributed by atoms with E-state index in [1.54, 1.807) is 4.90 Å². The lowest BCUT2D eigenvalue weighted by Crippen LogP contribution is -2.45. The van der Waals surface area contributed by atoms with Gasteiger partial charge in [0.15, 0.2) is 5.17 Å². The lowest BCUT2D eigenvalue weighted by molar-refractivity contribution is -0.113. The number of hydrogen-bond donors (Lipinski definition) is 0. The molecular formula is C29H29N3OS. The van der Waals surface area contributed by atoms with Crippen LogP contribution in [0.25, 0.3) is 6.08 Å². The number of fused-ring (bicyclic) bond motifs is 1. The number of thioether (sulfide) groups is 1. The summed E-state index contributed by atoms with van der Waals surface area (Å²) in [6.07, 6.45) is 3.10. The number of amidine groups is 1. The van der Waals surface area contributed by atoms with E-state index in [0.29, 0.717) is 16.0 Å². The molecule has 1 amide bonds. The Morgan fingerprint density at radius 1 is 1.00 bits per heavy atom. The molecule has 172 valence electrons. The number of rotatable bonds is 3. The van der Waals surface area contributed by atoms with E-state index in [1.165, 1.54) is 23.0 Å². The van der Waals surface area contributed by atoms with Gasteiger partial charge in [-0.2, -0.15) is 0 Å². The largest absolute Gasteiger partial charge is 0.369 e. The molecule has 1 saturated heterocycles. The van der Waals surface area contributed by atoms with E-state index in [4.69, 9.17) is 4.99 Å². The number of hydrogen-bond acceptors (Lipinski definition) is 4. The highest BCUT2D eigenvalue weighted by atomic mass is 32.2. The van der Waals surface area contributed by atoms with Gasteiger partial charge in [-0.1, -0.05) is 49.4 Å². The summed E-state index contributed by atoms with van der Waals surface area (Å²) in [5.74, 6) is 0.414. The first-order valence-electron chi connectivity index (χ1n) is 11.6. The monoisotopic (exact) mass is 467 g/mol. The fraction of sp³-hybridized carbons (Fsp3) is 0.241. The lowest BCUT2D eigenvalue weighted by atomic mass is 9.80. The average Bonchev–Trinajstić information content (AvgIpc) is 3.13. The smallest absolute Gasteiger partial charge is 0.271 e. The van der Waals surface area contributed by atoms with Crippen molar-refractivity contribution >= 4 is 46.0 Å². The van der Waals surface area contributed by atoms with E-state index in [1.807, 2.05) is 66.7 Å². The van der Waals surface area contributed by atoms with Crippen molar-refractivity contribution in [3.05, 3.63) is 94.9 Å². The number of aliphatic imine (C=N–C) groups is 1. The van der Waals surface area contributed by atoms with Crippen LogP contribution in [0.4, 0.5) is 17.1 Å². The molecule has 4 nitrogen and oxygen atoms in total. The second-order valence-electron chi connectivity index (χ2n) is 9.61. The van der Waals surface area contributed by atoms with Gasteiger partial charge < -0.3 is 4.90 Å². The minimum Gasteiger partial charge on any atom is -0.369 e. The van der Waals surface area contributed by atoms with Gasteiger partial charge in [0.05, 0.1) is 16.3 Å². The van der Waals surface area contributed by atoms with Crippen molar-refractivity contribution in [3.63, 3.8) is 0 Å². The summed E-state index contributed by atoms with van der Waals surface area (Å²) in [6.45, 7) is 6.88. The van der Waals surface area contributed by atoms with Crippen molar-refractivity contribution in [1.29, 1.82) is 0 Å². The van der Waals surface area contributed by atoms with Gasteiger partial charge in [-0.3, -0.25) is 9.69 Å². The van der Waals surface area contributed by atoms with Crippen LogP contribution in [-0.2, 0) is 4.79 Å². The van der Waals surface area contributed by atoms with Crippen LogP contribution in [0.2, 0.25) is 0 Å². The molecular weight excluding hydrogens is 438 g/mol. The summed E-state index contributed by atoms with van der Waals surface area (Å²) >= 11 is 1.43. The Balaban J connectivity index is 1.53. The third kappa shape index (κ3) is 4.16. The first kappa shape index (κ1) is 22.5. The first-order valence-corrected chi connectivity index (χ1v) is 12.5. The topological polar surface area (TPSA) is 35.9 Å². The third-order valence-electron chi connectivity index (χ3n) is 6.76. The first-order chi connectivity index (χ1) is 16.3. The van der Waals surface area contributed by atoms with Crippen molar-refractivity contribution < 1.29 is 4.79 Å². The van der Waals surface area contributed by atoms with Crippen LogP contribution in [-0.4, -0.2) is 23.7 Å². The molecule has 2 aliphatic rings. The number of amides is 1. The fourth-order valence-corrected chi connectivity index (χ4v) is 5.80. The zero-order chi connectivity index (χ0) is 23.9. The summed E-state index contributed by atoms with van der Waals surface area (Å²) < 4.78 is 0. The molecule has 2 heterocycles. The van der Waals surface area contributed by atoms with Gasteiger partial charge in [0.2, 0.25) is 0 Å². The van der Waals surface area contributed by atoms with E-state index in [0.717, 1.165) is 23.4 Å². The normalized spacial score (nSPS) is 21.9. The summed E-state index contributed by atoms with van der Waals surface area (Å²) in [5.41, 5.74) is 5.43. The molecule has 5 heteroatoms. The Morgan fingerprint density at radius 2 is 1.68 bits per heavy atom. The van der Waals surface area contributed by atoms with E-state index in [9.17, 15) is 4.79 Å². The van der Waals surface area contributed by atoms with E-state index >= 15 is 0 Å². The minimum atomic E-state index is -0.0464. The van der Waals surface area contributed by atoms with Crippen molar-refractivity contribution in [3.8, 4) is 0 Å². The van der Waals surface area contributed by atoms with Crippen LogP contribution in [0.5, 0.6) is 0 Å². The second-order valence-corrected chi connectivity index (χ2v) is 10.6. The number of nitrogens with zero attached hydrogens (tertiary/aromatic N) is 3. The van der Waals surface area contributed by atoms with Gasteiger partial charge in [-0.15, -0.1) is 0 Å². The Hall–Kier alpha value is -3.31. The molecule has 0 N–H and O–H groups in total. The zero-order valence-electron chi connectivity index (χ0n) is 20.0. The van der Waals surface area contributed by atoms with Crippen LogP contribution in [0, 0.1) is 0 Å². The molecule has 1 atom stereocenters. The molecule has 3 aromatic carbocycles. The molecule has 0 saturated carbocycles. The van der Waals surface area contributed by atoms with E-state index < -0.39 is 0 Å². The number of benzene rings is 3. The Labute approximate surface area is 206 Å². The predicted molar refractivity (Wildman–Crippen MR) is 145 cm³/mol. The van der Waals surface area contributed by atoms with Gasteiger partial charge in [0, 0.05) is 18.3 Å². The summed E-state index contributed by atoms with van der Waals surface area (Å²) in [4.78, 5) is 23.1. The van der Waals surface area contributed by atoms with Crippen LogP contribution < -0.4 is 9.80 Å². The van der Waals surface area contributed by atoms with Crippen LogP contribution in [0.1, 0.15) is 44.2 Å². The molecule has 0 bridgehead atoms. The van der Waals surface area contributed by atoms with Crippen molar-refractivity contribution in [2.45, 2.75) is 38.6 Å². The molecule has 0 radical (unpaired) electrons. The quantitative estimate of drug-likeness (QED) is 0.382. The molecule has 0 spiro atoms. The van der Waals surface area contributed by atoms with E-state index in [-0.39, 0.29) is 11.4 Å². The minimum absolute atomic E-state index is 0.0464. The predicted octanol–water partition coefficient (Wildman–Crippen LogP) is 7.22. The zero-order valence-corrected chi connectivity index (χ0v) is 20.8. The van der Waals surface area contributed by atoms with Crippen molar-refractivity contribution in [2.24, 2.45) is 4.99 Å². The highest BCUT2D eigenvalue weighted by Gasteiger charge is 2.36. The molecule has 1 unspecified atom stereocenters. The lowest BCUT2D eigenvalue weighted by Gasteiger charge is -2.45. The van der Waals surface area contributed by atoms with Gasteiger partial charge in [0.25, 0.3) is 5.91 Å². The van der Waals surface area contributed by atoms with Gasteiger partial charge in [-0.05, 0) is 91.5 Å². The Bertz CT molecular complexity index is 1280. The highest BCUT2D eigenvalue weighted by Crippen LogP contribution is 2.43. The molecule has 1 fully saturated rings. The SMILES string of the molecule is CC1CC(C)(C)N(C)c2ccc(/C=C3\SC(=Nc4ccccc4)N(c4ccccc4)C3=O)cc21. The maximum atomic E-state index is 13.5. The second kappa shape index (κ2) is 8.80. The summed E-state index contributed by atoms with van der Waals surface area (Å²) in [7, 11) is 2.17. The number of anilines is 2. The highest BCUT2D eigenvalue weighted by molar-refractivity contribution is 8.19. The fourth-order valence-electron chi connectivity index (χ4n) is 4.80. The Kier molecular flexibility index (Phi) is 5.82. The summed E-state index contributed by atoms with van der Waals surface area (Å²) in [6, 6.07) is 26.1. The third-order valence-corrected chi connectivity index (χ3v) is 7.73. The van der Waals surface area contributed by atoms with Crippen molar-refractivity contribution in [2.75, 3.05) is 16.8 Å². The molecule has 0 aliphatic carbocycles. The maximum absolute atomic E-state index is 13.5. The number of carbonyl (C=O) groups excluding carboxylic acids is 1. The number of para-hydroxylation sites is 2. The maximum Gasteiger partial charge on any atom is 0.271 e. The van der Waals surface area contributed by atoms with Crippen LogP contribution in [0.3, 0.4) is 0 Å². The molecule has 2 aliphatic heterocycles. The summed E-state index contributed by atoms with van der Waals surface area (Å²) in [5, 5.41) is 0.668. The van der Waals surface area contributed by atoms with Crippen LogP contribution >= 0.6 is 11.8 Å². The van der Waals surface area contributed by atoms with Gasteiger partial charge >= 0.3 is 0 Å². The van der Waals surface area contributed by atoms with Crippen molar-refractivity contribution in [1.82, 2.24) is 0 Å². The molecule has 34 heavy (non-hydrogen) atoms. The van der Waals surface area contributed by atoms with Crippen LogP contribution in [0.15, 0.2) is 88.8 Å². The van der Waals surface area contributed by atoms with Gasteiger partial charge in [-0.25, -0.2) is 4.99 Å². The van der Waals surface area contributed by atoms with Gasteiger partial charge in [0.1, 0.15) is 0 Å². The standard InChI is InChI=1S/C29H29N3OS/c1-20-19-29(2,3)31(4)25-16-15-21(17-24(20)25)18-26-27(33)32(23-13-9-6-10-14-23)28(34-26)30-22-11-7-5-8-12-22/h5-18,20H,19H2,1-4H3/b26-18-,30-28?. The molecule has 5 rings (SSSR count).